The fourth-order valence-electron chi connectivity index (χ4n) is 5.51. The number of halogens is 3. The van der Waals surface area contributed by atoms with Crippen molar-refractivity contribution in [2.24, 2.45) is 11.8 Å². The van der Waals surface area contributed by atoms with Crippen molar-refractivity contribution >= 4 is 0 Å². The summed E-state index contributed by atoms with van der Waals surface area (Å²) in [4.78, 5) is 0. The summed E-state index contributed by atoms with van der Waals surface area (Å²) in [6.45, 7) is 11.9. The zero-order valence-corrected chi connectivity index (χ0v) is 20.3. The van der Waals surface area contributed by atoms with Crippen LogP contribution in [-0.2, 0) is 4.74 Å². The first-order valence-electron chi connectivity index (χ1n) is 12.6. The van der Waals surface area contributed by atoms with Crippen LogP contribution >= 0.6 is 0 Å². The van der Waals surface area contributed by atoms with Gasteiger partial charge in [0.05, 0.1) is 6.61 Å². The minimum atomic E-state index is -0.627. The van der Waals surface area contributed by atoms with Crippen molar-refractivity contribution in [2.75, 3.05) is 6.61 Å². The van der Waals surface area contributed by atoms with Gasteiger partial charge in [0.2, 0.25) is 0 Å². The van der Waals surface area contributed by atoms with Crippen LogP contribution in [0.25, 0.3) is 0 Å². The summed E-state index contributed by atoms with van der Waals surface area (Å²) in [5, 5.41) is 0. The molecule has 0 aliphatic heterocycles. The van der Waals surface area contributed by atoms with Crippen LogP contribution in [0.4, 0.5) is 13.2 Å². The van der Waals surface area contributed by atoms with Gasteiger partial charge in [-0.15, -0.1) is 0 Å². The average Bonchev–Trinajstić information content (AvgIpc) is 2.81. The molecule has 2 saturated carbocycles. The molecule has 0 heterocycles. The van der Waals surface area contributed by atoms with E-state index in [9.17, 15) is 8.78 Å². The van der Waals surface area contributed by atoms with Crippen molar-refractivity contribution in [2.45, 2.75) is 89.9 Å². The summed E-state index contributed by atoms with van der Waals surface area (Å²) in [6.07, 6.45) is 10.8. The molecule has 1 aromatic carbocycles. The third-order valence-corrected chi connectivity index (χ3v) is 7.67. The highest BCUT2D eigenvalue weighted by Gasteiger charge is 2.29. The monoisotopic (exact) mass is 460 g/mol. The van der Waals surface area contributed by atoms with Crippen LogP contribution in [0, 0.1) is 23.5 Å². The van der Waals surface area contributed by atoms with Crippen LogP contribution in [0.1, 0.15) is 101 Å². The Bertz CT molecular complexity index is 856. The molecule has 1 nitrogen and oxygen atoms in total. The van der Waals surface area contributed by atoms with E-state index in [1.54, 1.807) is 6.92 Å². The lowest BCUT2D eigenvalue weighted by atomic mass is 9.75. The molecule has 2 fully saturated rings. The van der Waals surface area contributed by atoms with Crippen LogP contribution in [0.5, 0.6) is 0 Å². The normalized spacial score (nSPS) is 26.2. The molecule has 0 unspecified atom stereocenters. The third kappa shape index (κ3) is 6.77. The predicted octanol–water partition coefficient (Wildman–Crippen LogP) is 9.27. The summed E-state index contributed by atoms with van der Waals surface area (Å²) in [5.41, 5.74) is 1.83. The lowest BCUT2D eigenvalue weighted by Crippen LogP contribution is -2.17. The van der Waals surface area contributed by atoms with Gasteiger partial charge in [-0.3, -0.25) is 0 Å². The first kappa shape index (κ1) is 25.6. The Labute approximate surface area is 197 Å². The van der Waals surface area contributed by atoms with Crippen LogP contribution in [0.2, 0.25) is 0 Å². The maximum absolute atomic E-state index is 15.0. The quantitative estimate of drug-likeness (QED) is 0.263. The lowest BCUT2D eigenvalue weighted by Gasteiger charge is -2.30. The van der Waals surface area contributed by atoms with Crippen molar-refractivity contribution < 1.29 is 17.9 Å². The summed E-state index contributed by atoms with van der Waals surface area (Å²) in [7, 11) is 0. The fraction of sp³-hybridized carbons (Fsp3) is 0.586. The predicted molar refractivity (Wildman–Crippen MR) is 130 cm³/mol. The molecule has 2 aliphatic carbocycles. The second kappa shape index (κ2) is 11.9. The highest BCUT2D eigenvalue weighted by Crippen LogP contribution is 2.42. The summed E-state index contributed by atoms with van der Waals surface area (Å²) in [6, 6.07) is 3.69. The van der Waals surface area contributed by atoms with Gasteiger partial charge in [-0.05, 0) is 99.2 Å². The molecule has 2 aliphatic rings. The molecule has 1 aromatic rings. The van der Waals surface area contributed by atoms with Crippen LogP contribution in [0.15, 0.2) is 48.5 Å². The molecule has 0 N–H and O–H groups in total. The largest absolute Gasteiger partial charge is 0.491 e. The number of hydrogen-bond acceptors (Lipinski definition) is 1. The van der Waals surface area contributed by atoms with Gasteiger partial charge >= 0.3 is 0 Å². The van der Waals surface area contributed by atoms with Gasteiger partial charge in [0.15, 0.2) is 17.5 Å². The van der Waals surface area contributed by atoms with E-state index >= 15 is 4.39 Å². The molecule has 0 aromatic heterocycles. The zero-order chi connectivity index (χ0) is 24.0. The van der Waals surface area contributed by atoms with Gasteiger partial charge in [-0.2, -0.15) is 0 Å². The number of rotatable bonds is 9. The van der Waals surface area contributed by atoms with E-state index in [-0.39, 0.29) is 17.6 Å². The van der Waals surface area contributed by atoms with Gasteiger partial charge in [0.25, 0.3) is 0 Å². The summed E-state index contributed by atoms with van der Waals surface area (Å²) < 4.78 is 49.0. The van der Waals surface area contributed by atoms with E-state index in [0.29, 0.717) is 36.0 Å². The van der Waals surface area contributed by atoms with E-state index in [4.69, 9.17) is 4.74 Å². The molecule has 0 spiro atoms. The highest BCUT2D eigenvalue weighted by atomic mass is 19.2. The van der Waals surface area contributed by atoms with Gasteiger partial charge < -0.3 is 4.74 Å². The maximum Gasteiger partial charge on any atom is 0.164 e. The Morgan fingerprint density at radius 2 is 1.45 bits per heavy atom. The minimum absolute atomic E-state index is 0.0393. The highest BCUT2D eigenvalue weighted by molar-refractivity contribution is 5.32. The van der Waals surface area contributed by atoms with Gasteiger partial charge in [-0.25, -0.2) is 13.2 Å². The minimum Gasteiger partial charge on any atom is -0.491 e. The molecular weight excluding hydrogens is 421 g/mol. The van der Waals surface area contributed by atoms with E-state index in [1.165, 1.54) is 6.08 Å². The van der Waals surface area contributed by atoms with Crippen LogP contribution in [0.3, 0.4) is 0 Å². The molecule has 0 amide bonds. The first-order chi connectivity index (χ1) is 15.8. The topological polar surface area (TPSA) is 9.23 Å². The smallest absolute Gasteiger partial charge is 0.164 e. The van der Waals surface area contributed by atoms with Gasteiger partial charge in [0, 0.05) is 0 Å². The average molecular weight is 461 g/mol. The number of allylic oxidation sites excluding steroid dienone is 3. The van der Waals surface area contributed by atoms with E-state index in [2.05, 4.69) is 20.1 Å². The van der Waals surface area contributed by atoms with Crippen LogP contribution < -0.4 is 0 Å². The molecule has 0 radical (unpaired) electrons. The van der Waals surface area contributed by atoms with Crippen molar-refractivity contribution in [1.82, 2.24) is 0 Å². The summed E-state index contributed by atoms with van der Waals surface area (Å²) >= 11 is 0. The third-order valence-electron chi connectivity index (χ3n) is 7.67. The fourth-order valence-corrected chi connectivity index (χ4v) is 5.51. The van der Waals surface area contributed by atoms with E-state index in [0.717, 1.165) is 63.4 Å². The van der Waals surface area contributed by atoms with Crippen molar-refractivity contribution in [1.29, 1.82) is 0 Å². The second-order valence-corrected chi connectivity index (χ2v) is 10.1. The van der Waals surface area contributed by atoms with E-state index < -0.39 is 17.5 Å². The molecule has 0 bridgehead atoms. The molecular formula is C29H39F3O. The standard InChI is InChI=1S/C29H39F3O/c1-5-33-21(4)27(30)18-20(3)6-9-22-10-14-24(15-11-22)26-17-16-25(28(31)29(26)32)23-12-7-19(2)8-13-23/h16-19,22-24H,3-15H2,1-2H3/b27-18+. The first-order valence-corrected chi connectivity index (χ1v) is 12.6. The Balaban J connectivity index is 1.51. The molecule has 182 valence electrons. The molecule has 0 saturated heterocycles. The second-order valence-electron chi connectivity index (χ2n) is 10.1. The van der Waals surface area contributed by atoms with Crippen molar-refractivity contribution in [3.8, 4) is 0 Å². The van der Waals surface area contributed by atoms with E-state index in [1.807, 2.05) is 12.1 Å². The van der Waals surface area contributed by atoms with Crippen molar-refractivity contribution in [3.63, 3.8) is 0 Å². The zero-order valence-electron chi connectivity index (χ0n) is 20.3. The number of benzene rings is 1. The van der Waals surface area contributed by atoms with Gasteiger partial charge in [0.1, 0.15) is 5.76 Å². The number of ether oxygens (including phenoxy) is 1. The Morgan fingerprint density at radius 3 is 1.97 bits per heavy atom. The lowest BCUT2D eigenvalue weighted by molar-refractivity contribution is 0.226. The van der Waals surface area contributed by atoms with Gasteiger partial charge in [-0.1, -0.05) is 50.6 Å². The number of hydrogen-bond donors (Lipinski definition) is 0. The molecule has 33 heavy (non-hydrogen) atoms. The Hall–Kier alpha value is -1.97. The Morgan fingerprint density at radius 1 is 0.939 bits per heavy atom. The molecule has 4 heteroatoms. The van der Waals surface area contributed by atoms with Crippen LogP contribution in [-0.4, -0.2) is 6.61 Å². The SMILES string of the molecule is C=C(/C=C(/F)C(=C)OCC)CCC1CCC(c2ccc(C3CCC(C)CC3)c(F)c2F)CC1. The molecule has 0 atom stereocenters. The maximum atomic E-state index is 15.0. The molecule has 3 rings (SSSR count). The summed E-state index contributed by atoms with van der Waals surface area (Å²) in [5.74, 6) is -0.270. The Kier molecular flexibility index (Phi) is 9.28. The van der Waals surface area contributed by atoms with Crippen molar-refractivity contribution in [3.05, 3.63) is 71.3 Å².